The summed E-state index contributed by atoms with van der Waals surface area (Å²) in [6, 6.07) is 8.82. The Kier molecular flexibility index (Phi) is 5.35. The zero-order chi connectivity index (χ0) is 15.9. The van der Waals surface area contributed by atoms with Crippen LogP contribution in [0.5, 0.6) is 5.88 Å². The summed E-state index contributed by atoms with van der Waals surface area (Å²) in [6.45, 7) is 3.13. The van der Waals surface area contributed by atoms with Gasteiger partial charge in [0.1, 0.15) is 0 Å². The largest absolute Gasteiger partial charge is 0.471 e. The minimum absolute atomic E-state index is 0.0611. The fourth-order valence-corrected chi connectivity index (χ4v) is 1.73. The van der Waals surface area contributed by atoms with E-state index in [1.165, 1.54) is 6.07 Å². The number of aliphatic imine (C=N–C) groups is 1. The molecule has 0 atom stereocenters. The van der Waals surface area contributed by atoms with Crippen LogP contribution in [0.1, 0.15) is 12.5 Å². The molecule has 0 fully saturated rings. The summed E-state index contributed by atoms with van der Waals surface area (Å²) in [5.41, 5.74) is 2.73. The fraction of sp³-hybridized carbons (Fsp3) is 0.267. The van der Waals surface area contributed by atoms with Gasteiger partial charge in [-0.25, -0.2) is 8.78 Å². The Morgan fingerprint density at radius 1 is 1.27 bits per heavy atom. The van der Waals surface area contributed by atoms with Crippen LogP contribution in [0.4, 0.5) is 26.0 Å². The second-order valence-corrected chi connectivity index (χ2v) is 4.47. The van der Waals surface area contributed by atoms with Crippen molar-refractivity contribution in [3.05, 3.63) is 35.9 Å². The molecule has 5 nitrogen and oxygen atoms in total. The normalized spacial score (nSPS) is 11.1. The van der Waals surface area contributed by atoms with Crippen molar-refractivity contribution in [2.45, 2.75) is 20.3 Å². The van der Waals surface area contributed by atoms with Crippen LogP contribution >= 0.6 is 0 Å². The molecule has 0 bridgehead atoms. The summed E-state index contributed by atoms with van der Waals surface area (Å²) in [5, 5.41) is 10.7. The number of hydrogen-bond acceptors (Lipinski definition) is 5. The van der Waals surface area contributed by atoms with Gasteiger partial charge in [0.25, 0.3) is 6.43 Å². The first-order valence-corrected chi connectivity index (χ1v) is 6.69. The van der Waals surface area contributed by atoms with E-state index in [4.69, 9.17) is 4.74 Å². The van der Waals surface area contributed by atoms with Gasteiger partial charge in [0, 0.05) is 18.0 Å². The number of aryl methyl sites for hydroxylation is 1. The maximum Gasteiger partial charge on any atom is 0.272 e. The van der Waals surface area contributed by atoms with Crippen molar-refractivity contribution >= 4 is 23.4 Å². The number of ether oxygens (including phenoxy) is 1. The molecule has 2 aromatic rings. The first kappa shape index (κ1) is 15.8. The molecule has 0 aliphatic heterocycles. The molecule has 1 heterocycles. The lowest BCUT2D eigenvalue weighted by Gasteiger charge is -2.08. The van der Waals surface area contributed by atoms with E-state index in [2.05, 4.69) is 20.5 Å². The highest BCUT2D eigenvalue weighted by atomic mass is 19.3. The van der Waals surface area contributed by atoms with Crippen LogP contribution in [0.2, 0.25) is 0 Å². The highest BCUT2D eigenvalue weighted by Crippen LogP contribution is 2.24. The smallest absolute Gasteiger partial charge is 0.272 e. The zero-order valence-electron chi connectivity index (χ0n) is 12.3. The predicted molar refractivity (Wildman–Crippen MR) is 81.8 cm³/mol. The highest BCUT2D eigenvalue weighted by Gasteiger charge is 2.05. The minimum Gasteiger partial charge on any atom is -0.471 e. The van der Waals surface area contributed by atoms with E-state index in [0.717, 1.165) is 16.9 Å². The molecule has 116 valence electrons. The SMILES string of the molecule is CC=Nc1cc(Nc2ccc(OCC(F)F)nn2)ccc1C. The van der Waals surface area contributed by atoms with Crippen molar-refractivity contribution in [2.75, 3.05) is 11.9 Å². The molecular formula is C15H16F2N4O. The number of halogens is 2. The number of anilines is 2. The van der Waals surface area contributed by atoms with Gasteiger partial charge < -0.3 is 10.1 Å². The van der Waals surface area contributed by atoms with Gasteiger partial charge in [0.15, 0.2) is 12.4 Å². The lowest BCUT2D eigenvalue weighted by molar-refractivity contribution is 0.0791. The van der Waals surface area contributed by atoms with Crippen molar-refractivity contribution in [3.63, 3.8) is 0 Å². The van der Waals surface area contributed by atoms with Crippen molar-refractivity contribution in [1.82, 2.24) is 10.2 Å². The van der Waals surface area contributed by atoms with Gasteiger partial charge in [0.05, 0.1) is 5.69 Å². The van der Waals surface area contributed by atoms with Crippen molar-refractivity contribution in [3.8, 4) is 5.88 Å². The summed E-state index contributed by atoms with van der Waals surface area (Å²) in [4.78, 5) is 4.27. The summed E-state index contributed by atoms with van der Waals surface area (Å²) in [7, 11) is 0. The van der Waals surface area contributed by atoms with Crippen LogP contribution in [0.3, 0.4) is 0 Å². The Bertz CT molecular complexity index is 644. The quantitative estimate of drug-likeness (QED) is 0.822. The number of hydrogen-bond donors (Lipinski definition) is 1. The second kappa shape index (κ2) is 7.44. The van der Waals surface area contributed by atoms with E-state index in [1.54, 1.807) is 12.3 Å². The number of nitrogens with zero attached hydrogens (tertiary/aromatic N) is 3. The van der Waals surface area contributed by atoms with E-state index in [-0.39, 0.29) is 5.88 Å². The zero-order valence-corrected chi connectivity index (χ0v) is 12.3. The lowest BCUT2D eigenvalue weighted by Crippen LogP contribution is -2.08. The Morgan fingerprint density at radius 3 is 2.73 bits per heavy atom. The summed E-state index contributed by atoms with van der Waals surface area (Å²) in [6.07, 6.45) is -0.814. The summed E-state index contributed by atoms with van der Waals surface area (Å²) in [5.74, 6) is 0.547. The molecule has 0 amide bonds. The molecule has 0 radical (unpaired) electrons. The first-order valence-electron chi connectivity index (χ1n) is 6.69. The monoisotopic (exact) mass is 306 g/mol. The van der Waals surface area contributed by atoms with Gasteiger partial charge in [-0.05, 0) is 37.6 Å². The van der Waals surface area contributed by atoms with E-state index >= 15 is 0 Å². The third kappa shape index (κ3) is 4.47. The molecule has 0 aliphatic rings. The van der Waals surface area contributed by atoms with Gasteiger partial charge in [-0.2, -0.15) is 0 Å². The fourth-order valence-electron chi connectivity index (χ4n) is 1.73. The summed E-state index contributed by atoms with van der Waals surface area (Å²) >= 11 is 0. The Labute approximate surface area is 127 Å². The lowest BCUT2D eigenvalue weighted by atomic mass is 10.2. The number of alkyl halides is 2. The molecule has 0 saturated carbocycles. The molecule has 2 rings (SSSR count). The molecule has 7 heteroatoms. The van der Waals surface area contributed by atoms with Crippen LogP contribution in [0, 0.1) is 6.92 Å². The predicted octanol–water partition coefficient (Wildman–Crippen LogP) is 3.89. The molecule has 0 aliphatic carbocycles. The van der Waals surface area contributed by atoms with E-state index in [1.807, 2.05) is 32.0 Å². The van der Waals surface area contributed by atoms with E-state index < -0.39 is 13.0 Å². The molecular weight excluding hydrogens is 290 g/mol. The van der Waals surface area contributed by atoms with Crippen LogP contribution < -0.4 is 10.1 Å². The molecule has 1 aromatic carbocycles. The van der Waals surface area contributed by atoms with Crippen LogP contribution in [0.15, 0.2) is 35.3 Å². The second-order valence-electron chi connectivity index (χ2n) is 4.47. The Hall–Kier alpha value is -2.57. The topological polar surface area (TPSA) is 59.4 Å². The molecule has 0 spiro atoms. The van der Waals surface area contributed by atoms with Crippen molar-refractivity contribution in [1.29, 1.82) is 0 Å². The van der Waals surface area contributed by atoms with Gasteiger partial charge in [-0.15, -0.1) is 10.2 Å². The third-order valence-corrected chi connectivity index (χ3v) is 2.75. The van der Waals surface area contributed by atoms with E-state index in [0.29, 0.717) is 5.82 Å². The van der Waals surface area contributed by atoms with Crippen LogP contribution in [0.25, 0.3) is 0 Å². The average molecular weight is 306 g/mol. The highest BCUT2D eigenvalue weighted by molar-refractivity contribution is 5.68. The number of rotatable bonds is 6. The standard InChI is InChI=1S/C15H16F2N4O/c1-3-18-12-8-11(5-4-10(12)2)19-14-6-7-15(21-20-14)22-9-13(16)17/h3-8,13H,9H2,1-2H3,(H,19,20). The van der Waals surface area contributed by atoms with E-state index in [9.17, 15) is 8.78 Å². The Morgan fingerprint density at radius 2 is 2.09 bits per heavy atom. The van der Waals surface area contributed by atoms with Gasteiger partial charge in [0.2, 0.25) is 5.88 Å². The summed E-state index contributed by atoms with van der Waals surface area (Å²) < 4.78 is 28.8. The van der Waals surface area contributed by atoms with Gasteiger partial charge >= 0.3 is 0 Å². The maximum atomic E-state index is 12.0. The maximum absolute atomic E-state index is 12.0. The van der Waals surface area contributed by atoms with Crippen LogP contribution in [-0.2, 0) is 0 Å². The minimum atomic E-state index is -2.54. The molecule has 0 saturated heterocycles. The third-order valence-electron chi connectivity index (χ3n) is 2.75. The van der Waals surface area contributed by atoms with Crippen LogP contribution in [-0.4, -0.2) is 29.4 Å². The Balaban J connectivity index is 2.06. The number of nitrogens with one attached hydrogen (secondary N) is 1. The van der Waals surface area contributed by atoms with Gasteiger partial charge in [-0.3, -0.25) is 4.99 Å². The molecule has 0 unspecified atom stereocenters. The number of benzene rings is 1. The average Bonchev–Trinajstić information content (AvgIpc) is 2.50. The van der Waals surface area contributed by atoms with Crippen molar-refractivity contribution in [2.24, 2.45) is 4.99 Å². The van der Waals surface area contributed by atoms with Gasteiger partial charge in [-0.1, -0.05) is 6.07 Å². The molecule has 1 aromatic heterocycles. The first-order chi connectivity index (χ1) is 10.6. The number of aromatic nitrogens is 2. The molecule has 22 heavy (non-hydrogen) atoms. The van der Waals surface area contributed by atoms with Crippen molar-refractivity contribution < 1.29 is 13.5 Å². The molecule has 1 N–H and O–H groups in total.